The van der Waals surface area contributed by atoms with E-state index >= 15 is 0 Å². The van der Waals surface area contributed by atoms with Gasteiger partial charge in [0.2, 0.25) is 0 Å². The Labute approximate surface area is 144 Å². The van der Waals surface area contributed by atoms with Crippen molar-refractivity contribution >= 4 is 17.5 Å². The fraction of sp³-hybridized carbons (Fsp3) is 0.278. The van der Waals surface area contributed by atoms with E-state index in [0.717, 1.165) is 0 Å². The van der Waals surface area contributed by atoms with E-state index in [1.165, 1.54) is 12.1 Å². The molecule has 0 aromatic heterocycles. The van der Waals surface area contributed by atoms with E-state index in [-0.39, 0.29) is 24.4 Å². The fourth-order valence-corrected chi connectivity index (χ4v) is 2.65. The highest BCUT2D eigenvalue weighted by atomic mass is 35.5. The number of halogens is 2. The molecule has 0 bridgehead atoms. The smallest absolute Gasteiger partial charge is 0.254 e. The van der Waals surface area contributed by atoms with Crippen molar-refractivity contribution in [1.29, 1.82) is 0 Å². The summed E-state index contributed by atoms with van der Waals surface area (Å²) >= 11 is 5.85. The van der Waals surface area contributed by atoms with Gasteiger partial charge in [0.05, 0.1) is 13.2 Å². The van der Waals surface area contributed by atoms with E-state index < -0.39 is 0 Å². The van der Waals surface area contributed by atoms with Gasteiger partial charge in [0.1, 0.15) is 24.3 Å². The average Bonchev–Trinajstić information content (AvgIpc) is 2.60. The van der Waals surface area contributed by atoms with Crippen molar-refractivity contribution in [1.82, 2.24) is 4.90 Å². The van der Waals surface area contributed by atoms with E-state index in [9.17, 15) is 9.18 Å². The second-order valence-electron chi connectivity index (χ2n) is 5.52. The molecule has 1 aliphatic rings. The maximum atomic E-state index is 13.1. The Bertz CT molecular complexity index is 708. The van der Waals surface area contributed by atoms with E-state index in [1.54, 1.807) is 41.3 Å². The molecule has 1 unspecified atom stereocenters. The normalized spacial score (nSPS) is 17.6. The maximum absolute atomic E-state index is 13.1. The Kier molecular flexibility index (Phi) is 5.33. The molecule has 3 rings (SSSR count). The number of benzene rings is 2. The second-order valence-corrected chi connectivity index (χ2v) is 5.96. The van der Waals surface area contributed by atoms with Crippen molar-refractivity contribution in [3.8, 4) is 5.75 Å². The van der Waals surface area contributed by atoms with Crippen LogP contribution < -0.4 is 4.74 Å². The SMILES string of the molecule is O=C(c1ccc(Cl)cc1)N1CCOC(COc2cccc(F)c2)C1. The van der Waals surface area contributed by atoms with Gasteiger partial charge < -0.3 is 14.4 Å². The molecule has 1 aliphatic heterocycles. The minimum Gasteiger partial charge on any atom is -0.491 e. The van der Waals surface area contributed by atoms with Gasteiger partial charge in [-0.2, -0.15) is 0 Å². The van der Waals surface area contributed by atoms with Crippen molar-refractivity contribution in [3.63, 3.8) is 0 Å². The molecule has 4 nitrogen and oxygen atoms in total. The molecule has 1 saturated heterocycles. The zero-order chi connectivity index (χ0) is 16.9. The molecule has 24 heavy (non-hydrogen) atoms. The van der Waals surface area contributed by atoms with Crippen LogP contribution >= 0.6 is 11.6 Å². The molecule has 0 saturated carbocycles. The van der Waals surface area contributed by atoms with Gasteiger partial charge in [-0.05, 0) is 36.4 Å². The van der Waals surface area contributed by atoms with Crippen molar-refractivity contribution in [2.24, 2.45) is 0 Å². The third-order valence-corrected chi connectivity index (χ3v) is 4.00. The molecule has 2 aromatic carbocycles. The van der Waals surface area contributed by atoms with Crippen LogP contribution in [0.1, 0.15) is 10.4 Å². The van der Waals surface area contributed by atoms with E-state index in [0.29, 0.717) is 36.0 Å². The molecule has 1 atom stereocenters. The second kappa shape index (κ2) is 7.64. The summed E-state index contributed by atoms with van der Waals surface area (Å²) in [6.07, 6.45) is -0.252. The number of carbonyl (C=O) groups excluding carboxylic acids is 1. The molecule has 1 fully saturated rings. The van der Waals surface area contributed by atoms with Crippen molar-refractivity contribution in [3.05, 3.63) is 64.9 Å². The summed E-state index contributed by atoms with van der Waals surface area (Å²) in [6, 6.07) is 12.7. The molecule has 1 amide bonds. The number of amides is 1. The van der Waals surface area contributed by atoms with Crippen LogP contribution in [0.4, 0.5) is 4.39 Å². The van der Waals surface area contributed by atoms with Crippen LogP contribution in [0.2, 0.25) is 5.02 Å². The Morgan fingerprint density at radius 1 is 1.29 bits per heavy atom. The Morgan fingerprint density at radius 3 is 2.83 bits per heavy atom. The van der Waals surface area contributed by atoms with Crippen molar-refractivity contribution < 1.29 is 18.7 Å². The van der Waals surface area contributed by atoms with Gasteiger partial charge in [-0.1, -0.05) is 17.7 Å². The summed E-state index contributed by atoms with van der Waals surface area (Å²) in [4.78, 5) is 14.2. The number of hydrogen-bond acceptors (Lipinski definition) is 3. The lowest BCUT2D eigenvalue weighted by Gasteiger charge is -2.33. The first-order valence-corrected chi connectivity index (χ1v) is 8.04. The average molecular weight is 350 g/mol. The number of rotatable bonds is 4. The summed E-state index contributed by atoms with van der Waals surface area (Å²) in [7, 11) is 0. The Morgan fingerprint density at radius 2 is 2.08 bits per heavy atom. The lowest BCUT2D eigenvalue weighted by molar-refractivity contribution is -0.0401. The molecule has 0 aliphatic carbocycles. The first-order chi connectivity index (χ1) is 11.6. The van der Waals surface area contributed by atoms with Crippen LogP contribution in [0, 0.1) is 5.82 Å². The Balaban J connectivity index is 1.57. The summed E-state index contributed by atoms with van der Waals surface area (Å²) in [6.45, 7) is 1.65. The van der Waals surface area contributed by atoms with Crippen LogP contribution in [-0.4, -0.2) is 43.2 Å². The largest absolute Gasteiger partial charge is 0.491 e. The van der Waals surface area contributed by atoms with Gasteiger partial charge in [0.15, 0.2) is 0 Å². The standard InChI is InChI=1S/C18H17ClFNO3/c19-14-6-4-13(5-7-14)18(22)21-8-9-23-17(11-21)12-24-16-3-1-2-15(20)10-16/h1-7,10,17H,8-9,11-12H2. The summed E-state index contributed by atoms with van der Waals surface area (Å²) < 4.78 is 24.3. The molecule has 6 heteroatoms. The zero-order valence-corrected chi connectivity index (χ0v) is 13.7. The minimum atomic E-state index is -0.350. The number of nitrogens with zero attached hydrogens (tertiary/aromatic N) is 1. The molecule has 2 aromatic rings. The predicted octanol–water partition coefficient (Wildman–Crippen LogP) is 3.40. The van der Waals surface area contributed by atoms with Crippen LogP contribution in [0.5, 0.6) is 5.75 Å². The number of ether oxygens (including phenoxy) is 2. The molecular weight excluding hydrogens is 333 g/mol. The van der Waals surface area contributed by atoms with Crippen LogP contribution in [0.15, 0.2) is 48.5 Å². The molecule has 1 heterocycles. The maximum Gasteiger partial charge on any atom is 0.254 e. The molecule has 126 valence electrons. The van der Waals surface area contributed by atoms with Gasteiger partial charge in [-0.3, -0.25) is 4.79 Å². The van der Waals surface area contributed by atoms with E-state index in [1.807, 2.05) is 0 Å². The number of carbonyl (C=O) groups is 1. The first-order valence-electron chi connectivity index (χ1n) is 7.66. The fourth-order valence-electron chi connectivity index (χ4n) is 2.53. The van der Waals surface area contributed by atoms with Crippen molar-refractivity contribution in [2.45, 2.75) is 6.10 Å². The van der Waals surface area contributed by atoms with Gasteiger partial charge in [-0.15, -0.1) is 0 Å². The summed E-state index contributed by atoms with van der Waals surface area (Å²) in [5.41, 5.74) is 0.589. The van der Waals surface area contributed by atoms with Crippen molar-refractivity contribution in [2.75, 3.05) is 26.3 Å². The van der Waals surface area contributed by atoms with Gasteiger partial charge >= 0.3 is 0 Å². The summed E-state index contributed by atoms with van der Waals surface area (Å²) in [5, 5.41) is 0.592. The van der Waals surface area contributed by atoms with Crippen LogP contribution in [0.3, 0.4) is 0 Å². The molecular formula is C18H17ClFNO3. The molecule has 0 spiro atoms. The highest BCUT2D eigenvalue weighted by molar-refractivity contribution is 6.30. The van der Waals surface area contributed by atoms with E-state index in [2.05, 4.69) is 0 Å². The monoisotopic (exact) mass is 349 g/mol. The highest BCUT2D eigenvalue weighted by Crippen LogP contribution is 2.16. The third kappa shape index (κ3) is 4.24. The number of morpholine rings is 1. The van der Waals surface area contributed by atoms with Gasteiger partial charge in [-0.25, -0.2) is 4.39 Å². The Hall–Kier alpha value is -2.11. The third-order valence-electron chi connectivity index (χ3n) is 3.75. The zero-order valence-electron chi connectivity index (χ0n) is 13.0. The minimum absolute atomic E-state index is 0.0641. The lowest BCUT2D eigenvalue weighted by atomic mass is 10.1. The molecule has 0 N–H and O–H groups in total. The van der Waals surface area contributed by atoms with Gasteiger partial charge in [0.25, 0.3) is 5.91 Å². The van der Waals surface area contributed by atoms with Crippen LogP contribution in [-0.2, 0) is 4.74 Å². The highest BCUT2D eigenvalue weighted by Gasteiger charge is 2.25. The topological polar surface area (TPSA) is 38.8 Å². The predicted molar refractivity (Wildman–Crippen MR) is 89.0 cm³/mol. The quantitative estimate of drug-likeness (QED) is 0.849. The summed E-state index contributed by atoms with van der Waals surface area (Å²) in [5.74, 6) is 0.0297. The molecule has 0 radical (unpaired) electrons. The lowest BCUT2D eigenvalue weighted by Crippen LogP contribution is -2.47. The first kappa shape index (κ1) is 16.7. The van der Waals surface area contributed by atoms with E-state index in [4.69, 9.17) is 21.1 Å². The van der Waals surface area contributed by atoms with Crippen LogP contribution in [0.25, 0.3) is 0 Å². The number of hydrogen-bond donors (Lipinski definition) is 0. The van der Waals surface area contributed by atoms with Gasteiger partial charge in [0, 0.05) is 23.2 Å².